The van der Waals surface area contributed by atoms with Crippen LogP contribution in [0.4, 0.5) is 11.8 Å². The number of morpholine rings is 1. The van der Waals surface area contributed by atoms with E-state index in [4.69, 9.17) is 10.5 Å². The van der Waals surface area contributed by atoms with Gasteiger partial charge in [0, 0.05) is 29.3 Å². The summed E-state index contributed by atoms with van der Waals surface area (Å²) in [6.45, 7) is 4.14. The predicted octanol–water partition coefficient (Wildman–Crippen LogP) is 2.71. The summed E-state index contributed by atoms with van der Waals surface area (Å²) >= 11 is 3.59. The predicted molar refractivity (Wildman–Crippen MR) is 86.2 cm³/mol. The number of benzene rings is 1. The third-order valence-electron chi connectivity index (χ3n) is 3.50. The van der Waals surface area contributed by atoms with Gasteiger partial charge in [-0.1, -0.05) is 34.1 Å². The summed E-state index contributed by atoms with van der Waals surface area (Å²) in [4.78, 5) is 10.6. The van der Waals surface area contributed by atoms with Crippen LogP contribution in [0, 0.1) is 6.92 Å². The molecule has 3 rings (SSSR count). The van der Waals surface area contributed by atoms with Gasteiger partial charge in [-0.15, -0.1) is 0 Å². The molecule has 2 N–H and O–H groups in total. The monoisotopic (exact) mass is 348 g/mol. The molecular formula is C15H17BrN4O. The first kappa shape index (κ1) is 14.3. The lowest BCUT2D eigenvalue weighted by atomic mass is 10.1. The van der Waals surface area contributed by atoms with E-state index in [0.29, 0.717) is 12.6 Å². The summed E-state index contributed by atoms with van der Waals surface area (Å²) in [6.07, 6.45) is 0.0193. The number of nitrogens with zero attached hydrogens (tertiary/aromatic N) is 3. The molecule has 1 aromatic heterocycles. The summed E-state index contributed by atoms with van der Waals surface area (Å²) in [5.74, 6) is 1.18. The molecule has 0 bridgehead atoms. The van der Waals surface area contributed by atoms with Crippen LogP contribution in [0.15, 0.2) is 34.8 Å². The smallest absolute Gasteiger partial charge is 0.222 e. The number of nitrogen functional groups attached to an aromatic ring is 1. The summed E-state index contributed by atoms with van der Waals surface area (Å²) in [7, 11) is 0. The molecule has 21 heavy (non-hydrogen) atoms. The maximum absolute atomic E-state index is 5.91. The van der Waals surface area contributed by atoms with Crippen molar-refractivity contribution in [3.63, 3.8) is 0 Å². The summed E-state index contributed by atoms with van der Waals surface area (Å²) < 4.78 is 6.98. The van der Waals surface area contributed by atoms with E-state index in [2.05, 4.69) is 36.9 Å². The Morgan fingerprint density at radius 3 is 2.90 bits per heavy atom. The molecule has 1 aliphatic heterocycles. The molecule has 2 heterocycles. The Labute approximate surface area is 132 Å². The highest BCUT2D eigenvalue weighted by atomic mass is 79.9. The van der Waals surface area contributed by atoms with Gasteiger partial charge in [0.1, 0.15) is 11.9 Å². The van der Waals surface area contributed by atoms with Gasteiger partial charge in [0.2, 0.25) is 5.95 Å². The van der Waals surface area contributed by atoms with Gasteiger partial charge in [-0.05, 0) is 18.6 Å². The molecular weight excluding hydrogens is 332 g/mol. The zero-order valence-electron chi connectivity index (χ0n) is 11.8. The molecule has 0 spiro atoms. The quantitative estimate of drug-likeness (QED) is 0.903. The Morgan fingerprint density at radius 2 is 2.14 bits per heavy atom. The molecule has 1 fully saturated rings. The van der Waals surface area contributed by atoms with Crippen LogP contribution in [-0.2, 0) is 4.74 Å². The van der Waals surface area contributed by atoms with Crippen LogP contribution >= 0.6 is 15.9 Å². The summed E-state index contributed by atoms with van der Waals surface area (Å²) in [6, 6.07) is 10.1. The van der Waals surface area contributed by atoms with Crippen LogP contribution in [0.25, 0.3) is 0 Å². The van der Waals surface area contributed by atoms with Crippen LogP contribution < -0.4 is 10.6 Å². The number of rotatable bonds is 2. The highest BCUT2D eigenvalue weighted by Gasteiger charge is 2.24. The third kappa shape index (κ3) is 3.16. The Morgan fingerprint density at radius 1 is 1.33 bits per heavy atom. The first-order chi connectivity index (χ1) is 10.1. The van der Waals surface area contributed by atoms with Crippen LogP contribution in [0.2, 0.25) is 0 Å². The normalized spacial score (nSPS) is 18.8. The van der Waals surface area contributed by atoms with E-state index < -0.39 is 0 Å². The Balaban J connectivity index is 1.84. The van der Waals surface area contributed by atoms with Crippen LogP contribution in [0.5, 0.6) is 0 Å². The van der Waals surface area contributed by atoms with E-state index in [1.807, 2.05) is 31.2 Å². The molecule has 6 heteroatoms. The second-order valence-electron chi connectivity index (χ2n) is 5.05. The SMILES string of the molecule is Cc1cc(N2CCOC(c3ccccc3Br)C2)nc(N)n1. The van der Waals surface area contributed by atoms with E-state index in [1.54, 1.807) is 0 Å². The van der Waals surface area contributed by atoms with Crippen molar-refractivity contribution in [2.24, 2.45) is 0 Å². The lowest BCUT2D eigenvalue weighted by Gasteiger charge is -2.34. The van der Waals surface area contributed by atoms with Crippen molar-refractivity contribution < 1.29 is 4.74 Å². The maximum Gasteiger partial charge on any atom is 0.222 e. The molecule has 2 aromatic rings. The number of anilines is 2. The molecule has 1 atom stereocenters. The van der Waals surface area contributed by atoms with Crippen molar-refractivity contribution >= 4 is 27.7 Å². The summed E-state index contributed by atoms with van der Waals surface area (Å²) in [5.41, 5.74) is 7.78. The van der Waals surface area contributed by atoms with Gasteiger partial charge in [-0.25, -0.2) is 4.98 Å². The molecule has 0 saturated carbocycles. The van der Waals surface area contributed by atoms with Crippen molar-refractivity contribution in [2.45, 2.75) is 13.0 Å². The number of hydrogen-bond donors (Lipinski definition) is 1. The van der Waals surface area contributed by atoms with Gasteiger partial charge in [-0.2, -0.15) is 4.98 Å². The van der Waals surface area contributed by atoms with E-state index in [0.717, 1.165) is 34.6 Å². The highest BCUT2D eigenvalue weighted by Crippen LogP contribution is 2.30. The van der Waals surface area contributed by atoms with Crippen LogP contribution in [0.1, 0.15) is 17.4 Å². The Hall–Kier alpha value is -1.66. The minimum atomic E-state index is 0.0193. The molecule has 110 valence electrons. The second kappa shape index (κ2) is 5.99. The summed E-state index contributed by atoms with van der Waals surface area (Å²) in [5, 5.41) is 0. The molecule has 0 amide bonds. The van der Waals surface area contributed by atoms with E-state index in [1.165, 1.54) is 0 Å². The van der Waals surface area contributed by atoms with Gasteiger partial charge in [0.25, 0.3) is 0 Å². The van der Waals surface area contributed by atoms with E-state index >= 15 is 0 Å². The lowest BCUT2D eigenvalue weighted by molar-refractivity contribution is 0.0391. The van der Waals surface area contributed by atoms with Gasteiger partial charge < -0.3 is 15.4 Å². The molecule has 5 nitrogen and oxygen atoms in total. The minimum absolute atomic E-state index is 0.0193. The van der Waals surface area contributed by atoms with Crippen molar-refractivity contribution in [3.8, 4) is 0 Å². The zero-order valence-corrected chi connectivity index (χ0v) is 13.4. The average molecular weight is 349 g/mol. The number of halogens is 1. The molecule has 1 unspecified atom stereocenters. The fourth-order valence-electron chi connectivity index (χ4n) is 2.52. The van der Waals surface area contributed by atoms with E-state index in [9.17, 15) is 0 Å². The third-order valence-corrected chi connectivity index (χ3v) is 4.22. The largest absolute Gasteiger partial charge is 0.370 e. The minimum Gasteiger partial charge on any atom is -0.370 e. The van der Waals surface area contributed by atoms with Crippen molar-refractivity contribution in [1.29, 1.82) is 0 Å². The number of hydrogen-bond acceptors (Lipinski definition) is 5. The number of nitrogens with two attached hydrogens (primary N) is 1. The van der Waals surface area contributed by atoms with Gasteiger partial charge >= 0.3 is 0 Å². The number of aromatic nitrogens is 2. The van der Waals surface area contributed by atoms with Crippen molar-refractivity contribution in [3.05, 3.63) is 46.1 Å². The zero-order chi connectivity index (χ0) is 14.8. The first-order valence-electron chi connectivity index (χ1n) is 6.85. The van der Waals surface area contributed by atoms with Crippen LogP contribution in [0.3, 0.4) is 0 Å². The Kier molecular flexibility index (Phi) is 4.07. The average Bonchev–Trinajstić information content (AvgIpc) is 2.47. The molecule has 1 saturated heterocycles. The molecule has 1 aliphatic rings. The van der Waals surface area contributed by atoms with Crippen molar-refractivity contribution in [1.82, 2.24) is 9.97 Å². The topological polar surface area (TPSA) is 64.3 Å². The fraction of sp³-hybridized carbons (Fsp3) is 0.333. The van der Waals surface area contributed by atoms with Gasteiger partial charge in [-0.3, -0.25) is 0 Å². The van der Waals surface area contributed by atoms with E-state index in [-0.39, 0.29) is 6.10 Å². The molecule has 1 aromatic carbocycles. The molecule has 0 radical (unpaired) electrons. The standard InChI is InChI=1S/C15H17BrN4O/c1-10-8-14(19-15(17)18-10)20-6-7-21-13(9-20)11-4-2-3-5-12(11)16/h2-5,8,13H,6-7,9H2,1H3,(H2,17,18,19). The number of aryl methyl sites for hydroxylation is 1. The maximum atomic E-state index is 5.91. The number of ether oxygens (including phenoxy) is 1. The van der Waals surface area contributed by atoms with Crippen molar-refractivity contribution in [2.75, 3.05) is 30.3 Å². The first-order valence-corrected chi connectivity index (χ1v) is 7.65. The van der Waals surface area contributed by atoms with Crippen LogP contribution in [-0.4, -0.2) is 29.7 Å². The second-order valence-corrected chi connectivity index (χ2v) is 5.91. The lowest BCUT2D eigenvalue weighted by Crippen LogP contribution is -2.39. The molecule has 0 aliphatic carbocycles. The fourth-order valence-corrected chi connectivity index (χ4v) is 3.06. The Bertz CT molecular complexity index is 629. The van der Waals surface area contributed by atoms with Gasteiger partial charge in [0.05, 0.1) is 6.61 Å². The van der Waals surface area contributed by atoms with Gasteiger partial charge in [0.15, 0.2) is 0 Å². The highest BCUT2D eigenvalue weighted by molar-refractivity contribution is 9.10.